The van der Waals surface area contributed by atoms with Gasteiger partial charge in [-0.25, -0.2) is 0 Å². The molecule has 1 aliphatic carbocycles. The maximum absolute atomic E-state index is 10.5. The molecule has 0 aromatic heterocycles. The Morgan fingerprint density at radius 3 is 2.56 bits per heavy atom. The molecule has 100 valence electrons. The van der Waals surface area contributed by atoms with E-state index in [9.17, 15) is 10.2 Å². The Morgan fingerprint density at radius 1 is 1.33 bits per heavy atom. The van der Waals surface area contributed by atoms with E-state index in [0.717, 1.165) is 22.9 Å². The minimum absolute atomic E-state index is 0.506. The Hall–Kier alpha value is -0.380. The van der Waals surface area contributed by atoms with Crippen molar-refractivity contribution in [2.45, 2.75) is 50.7 Å². The summed E-state index contributed by atoms with van der Waals surface area (Å²) >= 11 is 3.48. The van der Waals surface area contributed by atoms with E-state index in [4.69, 9.17) is 0 Å². The molecule has 1 aliphatic rings. The van der Waals surface area contributed by atoms with Gasteiger partial charge in [0.15, 0.2) is 0 Å². The topological polar surface area (TPSA) is 40.5 Å². The highest BCUT2D eigenvalue weighted by atomic mass is 79.9. The van der Waals surface area contributed by atoms with E-state index in [1.54, 1.807) is 0 Å². The van der Waals surface area contributed by atoms with Crippen LogP contribution in [0.5, 0.6) is 0 Å². The van der Waals surface area contributed by atoms with Crippen LogP contribution < -0.4 is 0 Å². The lowest BCUT2D eigenvalue weighted by Gasteiger charge is -2.38. The normalized spacial score (nSPS) is 30.1. The SMILES string of the molecule is CC1CCC(O)(C(O)Cc2ccccc2Br)CC1. The van der Waals surface area contributed by atoms with Gasteiger partial charge in [-0.05, 0) is 43.2 Å². The Morgan fingerprint density at radius 2 is 1.94 bits per heavy atom. The van der Waals surface area contributed by atoms with E-state index >= 15 is 0 Å². The molecule has 0 spiro atoms. The molecular weight excluding hydrogens is 292 g/mol. The molecule has 0 amide bonds. The van der Waals surface area contributed by atoms with Gasteiger partial charge in [0, 0.05) is 10.9 Å². The fourth-order valence-corrected chi connectivity index (χ4v) is 3.10. The van der Waals surface area contributed by atoms with Crippen molar-refractivity contribution in [1.82, 2.24) is 0 Å². The molecular formula is C15H21BrO2. The van der Waals surface area contributed by atoms with E-state index in [2.05, 4.69) is 22.9 Å². The average Bonchev–Trinajstić information content (AvgIpc) is 2.36. The van der Waals surface area contributed by atoms with Crippen LogP contribution in [0.1, 0.15) is 38.2 Å². The van der Waals surface area contributed by atoms with Gasteiger partial charge in [0.1, 0.15) is 0 Å². The number of rotatable bonds is 3. The Labute approximate surface area is 117 Å². The molecule has 1 atom stereocenters. The molecule has 1 fully saturated rings. The van der Waals surface area contributed by atoms with Gasteiger partial charge in [0.25, 0.3) is 0 Å². The van der Waals surface area contributed by atoms with Crippen LogP contribution in [0, 0.1) is 5.92 Å². The Bertz CT molecular complexity index is 397. The van der Waals surface area contributed by atoms with Crippen LogP contribution in [0.15, 0.2) is 28.7 Å². The van der Waals surface area contributed by atoms with Crippen molar-refractivity contribution in [1.29, 1.82) is 0 Å². The molecule has 18 heavy (non-hydrogen) atoms. The van der Waals surface area contributed by atoms with E-state index < -0.39 is 11.7 Å². The number of aliphatic hydroxyl groups excluding tert-OH is 1. The van der Waals surface area contributed by atoms with Crippen molar-refractivity contribution < 1.29 is 10.2 Å². The van der Waals surface area contributed by atoms with Gasteiger partial charge in [-0.15, -0.1) is 0 Å². The summed E-state index contributed by atoms with van der Waals surface area (Å²) in [6.07, 6.45) is 3.25. The highest BCUT2D eigenvalue weighted by molar-refractivity contribution is 9.10. The number of aliphatic hydroxyl groups is 2. The molecule has 0 saturated heterocycles. The lowest BCUT2D eigenvalue weighted by atomic mass is 9.75. The van der Waals surface area contributed by atoms with E-state index in [-0.39, 0.29) is 0 Å². The van der Waals surface area contributed by atoms with Gasteiger partial charge < -0.3 is 10.2 Å². The molecule has 1 aromatic rings. The molecule has 1 saturated carbocycles. The number of benzene rings is 1. The largest absolute Gasteiger partial charge is 0.390 e. The number of hydrogen-bond acceptors (Lipinski definition) is 2. The second kappa shape index (κ2) is 5.72. The molecule has 0 aliphatic heterocycles. The van der Waals surface area contributed by atoms with Gasteiger partial charge in [-0.2, -0.15) is 0 Å². The van der Waals surface area contributed by atoms with Crippen molar-refractivity contribution in [2.24, 2.45) is 5.92 Å². The number of hydrogen-bond donors (Lipinski definition) is 2. The summed E-state index contributed by atoms with van der Waals surface area (Å²) < 4.78 is 0.997. The molecule has 2 rings (SSSR count). The van der Waals surface area contributed by atoms with E-state index in [1.165, 1.54) is 0 Å². The standard InChI is InChI=1S/C15H21BrO2/c1-11-6-8-15(18,9-7-11)14(17)10-12-4-2-3-5-13(12)16/h2-5,11,14,17-18H,6-10H2,1H3. The zero-order valence-electron chi connectivity index (χ0n) is 10.8. The Kier molecular flexibility index (Phi) is 4.46. The first kappa shape index (κ1) is 14.0. The molecule has 0 bridgehead atoms. The van der Waals surface area contributed by atoms with Crippen LogP contribution in [-0.4, -0.2) is 21.9 Å². The second-order valence-corrected chi connectivity index (χ2v) is 6.45. The maximum Gasteiger partial charge on any atom is 0.0909 e. The molecule has 0 heterocycles. The first-order valence-corrected chi connectivity index (χ1v) is 7.44. The van der Waals surface area contributed by atoms with Gasteiger partial charge in [-0.3, -0.25) is 0 Å². The van der Waals surface area contributed by atoms with Gasteiger partial charge in [0.2, 0.25) is 0 Å². The fourth-order valence-electron chi connectivity index (χ4n) is 2.66. The highest BCUT2D eigenvalue weighted by Gasteiger charge is 2.38. The zero-order chi connectivity index (χ0) is 13.2. The van der Waals surface area contributed by atoms with Crippen molar-refractivity contribution in [3.63, 3.8) is 0 Å². The van der Waals surface area contributed by atoms with Crippen LogP contribution in [-0.2, 0) is 6.42 Å². The smallest absolute Gasteiger partial charge is 0.0909 e. The summed E-state index contributed by atoms with van der Waals surface area (Å²) in [5.74, 6) is 0.668. The lowest BCUT2D eigenvalue weighted by molar-refractivity contribution is -0.102. The predicted molar refractivity (Wildman–Crippen MR) is 76.4 cm³/mol. The summed E-state index contributed by atoms with van der Waals surface area (Å²) in [5, 5.41) is 20.9. The van der Waals surface area contributed by atoms with Crippen LogP contribution in [0.4, 0.5) is 0 Å². The second-order valence-electron chi connectivity index (χ2n) is 5.60. The number of halogens is 1. The Balaban J connectivity index is 2.03. The minimum atomic E-state index is -0.901. The summed E-state index contributed by atoms with van der Waals surface area (Å²) in [5.41, 5.74) is 0.152. The third kappa shape index (κ3) is 3.14. The zero-order valence-corrected chi connectivity index (χ0v) is 12.4. The van der Waals surface area contributed by atoms with Gasteiger partial charge in [-0.1, -0.05) is 41.1 Å². The summed E-state index contributed by atoms with van der Waals surface area (Å²) in [6, 6.07) is 7.87. The van der Waals surface area contributed by atoms with E-state index in [1.807, 2.05) is 24.3 Å². The van der Waals surface area contributed by atoms with Crippen molar-refractivity contribution in [2.75, 3.05) is 0 Å². The molecule has 2 N–H and O–H groups in total. The van der Waals surface area contributed by atoms with Crippen molar-refractivity contribution >= 4 is 15.9 Å². The highest BCUT2D eigenvalue weighted by Crippen LogP contribution is 2.35. The summed E-state index contributed by atoms with van der Waals surface area (Å²) in [4.78, 5) is 0. The molecule has 0 radical (unpaired) electrons. The van der Waals surface area contributed by atoms with Crippen LogP contribution >= 0.6 is 15.9 Å². The third-order valence-corrected chi connectivity index (χ3v) is 4.91. The van der Waals surface area contributed by atoms with Crippen molar-refractivity contribution in [3.05, 3.63) is 34.3 Å². The predicted octanol–water partition coefficient (Wildman–Crippen LogP) is 3.29. The quantitative estimate of drug-likeness (QED) is 0.899. The fraction of sp³-hybridized carbons (Fsp3) is 0.600. The van der Waals surface area contributed by atoms with Crippen molar-refractivity contribution in [3.8, 4) is 0 Å². The first-order chi connectivity index (χ1) is 8.51. The molecule has 1 unspecified atom stereocenters. The molecule has 2 nitrogen and oxygen atoms in total. The van der Waals surface area contributed by atoms with Gasteiger partial charge in [0.05, 0.1) is 11.7 Å². The summed E-state index contributed by atoms with van der Waals surface area (Å²) in [7, 11) is 0. The first-order valence-electron chi connectivity index (χ1n) is 6.65. The van der Waals surface area contributed by atoms with Crippen LogP contribution in [0.2, 0.25) is 0 Å². The third-order valence-electron chi connectivity index (χ3n) is 4.13. The monoisotopic (exact) mass is 312 g/mol. The van der Waals surface area contributed by atoms with Crippen LogP contribution in [0.25, 0.3) is 0 Å². The summed E-state index contributed by atoms with van der Waals surface area (Å²) in [6.45, 7) is 2.21. The maximum atomic E-state index is 10.5. The molecule has 1 aromatic carbocycles. The minimum Gasteiger partial charge on any atom is -0.390 e. The molecule has 3 heteroatoms. The van der Waals surface area contributed by atoms with Gasteiger partial charge >= 0.3 is 0 Å². The van der Waals surface area contributed by atoms with Crippen LogP contribution in [0.3, 0.4) is 0 Å². The lowest BCUT2D eigenvalue weighted by Crippen LogP contribution is -2.46. The average molecular weight is 313 g/mol. The van der Waals surface area contributed by atoms with E-state index in [0.29, 0.717) is 25.2 Å².